The maximum Gasteiger partial charge on any atom is 0.405 e. The summed E-state index contributed by atoms with van der Waals surface area (Å²) in [7, 11) is 0. The summed E-state index contributed by atoms with van der Waals surface area (Å²) in [5.41, 5.74) is 4.40. The van der Waals surface area contributed by atoms with Crippen molar-refractivity contribution in [2.24, 2.45) is 11.1 Å². The van der Waals surface area contributed by atoms with E-state index in [-0.39, 0.29) is 6.54 Å². The topological polar surface area (TPSA) is 55.1 Å². The molecule has 0 heterocycles. The lowest BCUT2D eigenvalue weighted by Gasteiger charge is -2.25. The quantitative estimate of drug-likeness (QED) is 0.731. The van der Waals surface area contributed by atoms with Gasteiger partial charge in [0.1, 0.15) is 6.54 Å². The van der Waals surface area contributed by atoms with E-state index in [0.29, 0.717) is 6.42 Å². The molecule has 1 unspecified atom stereocenters. The van der Waals surface area contributed by atoms with Crippen molar-refractivity contribution in [2.75, 3.05) is 13.1 Å². The molecule has 6 heteroatoms. The van der Waals surface area contributed by atoms with E-state index in [1.165, 1.54) is 0 Å². The van der Waals surface area contributed by atoms with Crippen LogP contribution in [-0.2, 0) is 4.79 Å². The summed E-state index contributed by atoms with van der Waals surface area (Å²) >= 11 is 0. The number of carbonyl (C=O) groups is 1. The molecule has 0 aromatic rings. The second-order valence-corrected chi connectivity index (χ2v) is 3.42. The molecular formula is C8H15F3N2O. The fourth-order valence-corrected chi connectivity index (χ4v) is 0.791. The molecular weight excluding hydrogens is 197 g/mol. The maximum absolute atomic E-state index is 11.8. The summed E-state index contributed by atoms with van der Waals surface area (Å²) in [5.74, 6) is -0.653. The zero-order valence-corrected chi connectivity index (χ0v) is 8.24. The minimum absolute atomic E-state index is 0.0349. The third-order valence-corrected chi connectivity index (χ3v) is 2.23. The van der Waals surface area contributed by atoms with Crippen LogP contribution in [0.25, 0.3) is 0 Å². The van der Waals surface area contributed by atoms with Crippen LogP contribution in [0.4, 0.5) is 13.2 Å². The number of nitrogens with two attached hydrogens (primary N) is 1. The first kappa shape index (κ1) is 13.2. The van der Waals surface area contributed by atoms with Gasteiger partial charge in [0.15, 0.2) is 0 Å². The van der Waals surface area contributed by atoms with Crippen molar-refractivity contribution in [1.82, 2.24) is 5.32 Å². The summed E-state index contributed by atoms with van der Waals surface area (Å²) in [5, 5.41) is 1.82. The second kappa shape index (κ2) is 4.63. The van der Waals surface area contributed by atoms with E-state index in [9.17, 15) is 18.0 Å². The number of nitrogens with one attached hydrogen (secondary N) is 1. The lowest BCUT2D eigenvalue weighted by molar-refractivity contribution is -0.144. The fourth-order valence-electron chi connectivity index (χ4n) is 0.791. The normalized spacial score (nSPS) is 16.1. The Balaban J connectivity index is 4.20. The van der Waals surface area contributed by atoms with Gasteiger partial charge in [-0.1, -0.05) is 6.92 Å². The Morgan fingerprint density at radius 3 is 2.21 bits per heavy atom. The van der Waals surface area contributed by atoms with Gasteiger partial charge in [-0.15, -0.1) is 0 Å². The molecule has 84 valence electrons. The van der Waals surface area contributed by atoms with Crippen LogP contribution in [0.5, 0.6) is 0 Å². The number of hydrogen-bond donors (Lipinski definition) is 2. The standard InChI is InChI=1S/C8H15F3N2O/c1-3-7(2,4-12)6(14)13-5-8(9,10)11/h3-5,12H2,1-2H3,(H,13,14). The monoisotopic (exact) mass is 212 g/mol. The van der Waals surface area contributed by atoms with Crippen LogP contribution in [0.1, 0.15) is 20.3 Å². The SMILES string of the molecule is CCC(C)(CN)C(=O)NCC(F)(F)F. The smallest absolute Gasteiger partial charge is 0.346 e. The van der Waals surface area contributed by atoms with E-state index < -0.39 is 24.0 Å². The van der Waals surface area contributed by atoms with E-state index in [0.717, 1.165) is 0 Å². The van der Waals surface area contributed by atoms with Crippen molar-refractivity contribution >= 4 is 5.91 Å². The lowest BCUT2D eigenvalue weighted by Crippen LogP contribution is -2.46. The Labute approximate surface area is 80.8 Å². The van der Waals surface area contributed by atoms with E-state index in [1.807, 2.05) is 5.32 Å². The number of halogens is 3. The van der Waals surface area contributed by atoms with Gasteiger partial charge in [-0.2, -0.15) is 13.2 Å². The predicted molar refractivity (Wildman–Crippen MR) is 46.5 cm³/mol. The number of carbonyl (C=O) groups excluding carboxylic acids is 1. The van der Waals surface area contributed by atoms with Gasteiger partial charge in [0.05, 0.1) is 5.41 Å². The molecule has 1 amide bonds. The third-order valence-electron chi connectivity index (χ3n) is 2.23. The summed E-state index contributed by atoms with van der Waals surface area (Å²) in [6.07, 6.45) is -3.97. The Morgan fingerprint density at radius 1 is 1.43 bits per heavy atom. The van der Waals surface area contributed by atoms with Gasteiger partial charge in [-0.3, -0.25) is 4.79 Å². The zero-order valence-electron chi connectivity index (χ0n) is 8.24. The molecule has 0 aromatic carbocycles. The molecule has 0 fully saturated rings. The van der Waals surface area contributed by atoms with Gasteiger partial charge in [-0.05, 0) is 13.3 Å². The Bertz CT molecular complexity index is 199. The Kier molecular flexibility index (Phi) is 4.38. The zero-order chi connectivity index (χ0) is 11.4. The number of hydrogen-bond acceptors (Lipinski definition) is 2. The molecule has 0 aromatic heterocycles. The van der Waals surface area contributed by atoms with Crippen LogP contribution in [0.3, 0.4) is 0 Å². The molecule has 1 atom stereocenters. The van der Waals surface area contributed by atoms with Crippen molar-refractivity contribution in [3.63, 3.8) is 0 Å². The number of rotatable bonds is 4. The van der Waals surface area contributed by atoms with E-state index in [4.69, 9.17) is 5.73 Å². The van der Waals surface area contributed by atoms with Crippen LogP contribution in [-0.4, -0.2) is 25.2 Å². The highest BCUT2D eigenvalue weighted by Crippen LogP contribution is 2.20. The molecule has 0 saturated carbocycles. The Hall–Kier alpha value is -0.780. The van der Waals surface area contributed by atoms with Crippen molar-refractivity contribution in [2.45, 2.75) is 26.4 Å². The number of alkyl halides is 3. The summed E-state index contributed by atoms with van der Waals surface area (Å²) in [6.45, 7) is 1.98. The third kappa shape index (κ3) is 3.95. The highest BCUT2D eigenvalue weighted by molar-refractivity contribution is 5.82. The van der Waals surface area contributed by atoms with Crippen molar-refractivity contribution in [1.29, 1.82) is 0 Å². The molecule has 0 aliphatic carbocycles. The van der Waals surface area contributed by atoms with Gasteiger partial charge >= 0.3 is 6.18 Å². The average molecular weight is 212 g/mol. The molecule has 0 bridgehead atoms. The molecule has 0 saturated heterocycles. The molecule has 0 aliphatic heterocycles. The number of amides is 1. The predicted octanol–water partition coefficient (Wildman–Crippen LogP) is 1.04. The fraction of sp³-hybridized carbons (Fsp3) is 0.875. The maximum atomic E-state index is 11.8. The first-order chi connectivity index (χ1) is 6.25. The van der Waals surface area contributed by atoms with Crippen LogP contribution in [0, 0.1) is 5.41 Å². The molecule has 0 aliphatic rings. The molecule has 0 radical (unpaired) electrons. The molecule has 3 nitrogen and oxygen atoms in total. The molecule has 14 heavy (non-hydrogen) atoms. The minimum atomic E-state index is -4.38. The van der Waals surface area contributed by atoms with E-state index in [2.05, 4.69) is 0 Å². The van der Waals surface area contributed by atoms with Crippen LogP contribution in [0.15, 0.2) is 0 Å². The van der Waals surface area contributed by atoms with Crippen LogP contribution < -0.4 is 11.1 Å². The van der Waals surface area contributed by atoms with Crippen molar-refractivity contribution < 1.29 is 18.0 Å². The van der Waals surface area contributed by atoms with Gasteiger partial charge in [0, 0.05) is 6.54 Å². The Morgan fingerprint density at radius 2 is 1.93 bits per heavy atom. The van der Waals surface area contributed by atoms with Crippen molar-refractivity contribution in [3.05, 3.63) is 0 Å². The van der Waals surface area contributed by atoms with Gasteiger partial charge in [0.25, 0.3) is 0 Å². The van der Waals surface area contributed by atoms with E-state index in [1.54, 1.807) is 13.8 Å². The van der Waals surface area contributed by atoms with Crippen molar-refractivity contribution in [3.8, 4) is 0 Å². The van der Waals surface area contributed by atoms with Gasteiger partial charge < -0.3 is 11.1 Å². The average Bonchev–Trinajstić information content (AvgIpc) is 2.11. The highest BCUT2D eigenvalue weighted by Gasteiger charge is 2.33. The van der Waals surface area contributed by atoms with Gasteiger partial charge in [-0.25, -0.2) is 0 Å². The minimum Gasteiger partial charge on any atom is -0.346 e. The first-order valence-corrected chi connectivity index (χ1v) is 4.30. The highest BCUT2D eigenvalue weighted by atomic mass is 19.4. The van der Waals surface area contributed by atoms with Gasteiger partial charge in [0.2, 0.25) is 5.91 Å². The summed E-state index contributed by atoms with van der Waals surface area (Å²) < 4.78 is 35.3. The summed E-state index contributed by atoms with van der Waals surface area (Å²) in [4.78, 5) is 11.3. The second-order valence-electron chi connectivity index (χ2n) is 3.42. The first-order valence-electron chi connectivity index (χ1n) is 4.30. The molecule has 3 N–H and O–H groups in total. The largest absolute Gasteiger partial charge is 0.405 e. The lowest BCUT2D eigenvalue weighted by atomic mass is 9.87. The molecule has 0 spiro atoms. The van der Waals surface area contributed by atoms with Crippen LogP contribution >= 0.6 is 0 Å². The summed E-state index contributed by atoms with van der Waals surface area (Å²) in [6, 6.07) is 0. The van der Waals surface area contributed by atoms with E-state index >= 15 is 0 Å². The molecule has 0 rings (SSSR count). The van der Waals surface area contributed by atoms with Crippen LogP contribution in [0.2, 0.25) is 0 Å².